The lowest BCUT2D eigenvalue weighted by atomic mass is 9.73. The predicted molar refractivity (Wildman–Crippen MR) is 120 cm³/mol. The number of benzene rings is 2. The third kappa shape index (κ3) is 4.81. The third-order valence-electron chi connectivity index (χ3n) is 5.98. The SMILES string of the molecule is NC(c1ccc(Cl)cn1)C(Cc1ccccc1)C1CNCC1c1ccc(Cl)cc1. The lowest BCUT2D eigenvalue weighted by Gasteiger charge is -2.33. The number of hydrogen-bond donors (Lipinski definition) is 2. The van der Waals surface area contributed by atoms with Crippen molar-refractivity contribution in [3.63, 3.8) is 0 Å². The van der Waals surface area contributed by atoms with Crippen molar-refractivity contribution < 1.29 is 0 Å². The molecule has 1 aliphatic heterocycles. The molecule has 0 bridgehead atoms. The Kier molecular flexibility index (Phi) is 6.51. The van der Waals surface area contributed by atoms with Crippen molar-refractivity contribution in [2.45, 2.75) is 18.4 Å². The van der Waals surface area contributed by atoms with E-state index in [9.17, 15) is 0 Å². The second kappa shape index (κ2) is 9.27. The number of halogens is 2. The minimum Gasteiger partial charge on any atom is -0.322 e. The summed E-state index contributed by atoms with van der Waals surface area (Å²) >= 11 is 12.2. The standard InChI is InChI=1S/C24H25Cl2N3/c25-18-8-6-17(7-9-18)21-14-28-15-22(21)20(12-16-4-2-1-3-5-16)24(27)23-11-10-19(26)13-29-23/h1-11,13,20-22,24,28H,12,14-15,27H2. The summed E-state index contributed by atoms with van der Waals surface area (Å²) in [5, 5.41) is 4.98. The van der Waals surface area contributed by atoms with Gasteiger partial charge in [-0.3, -0.25) is 4.98 Å². The summed E-state index contributed by atoms with van der Waals surface area (Å²) in [7, 11) is 0. The van der Waals surface area contributed by atoms with Gasteiger partial charge in [-0.05, 0) is 60.2 Å². The van der Waals surface area contributed by atoms with Gasteiger partial charge in [0.2, 0.25) is 0 Å². The fourth-order valence-electron chi connectivity index (χ4n) is 4.46. The molecule has 1 aliphatic rings. The third-order valence-corrected chi connectivity index (χ3v) is 6.45. The van der Waals surface area contributed by atoms with Crippen LogP contribution in [0.4, 0.5) is 0 Å². The van der Waals surface area contributed by atoms with Gasteiger partial charge in [0.1, 0.15) is 0 Å². The monoisotopic (exact) mass is 425 g/mol. The van der Waals surface area contributed by atoms with Crippen molar-refractivity contribution in [1.82, 2.24) is 10.3 Å². The van der Waals surface area contributed by atoms with E-state index in [2.05, 4.69) is 46.7 Å². The highest BCUT2D eigenvalue weighted by molar-refractivity contribution is 6.30. The summed E-state index contributed by atoms with van der Waals surface area (Å²) in [5.74, 6) is 1.02. The first-order chi connectivity index (χ1) is 14.1. The normalized spacial score (nSPS) is 21.1. The second-order valence-corrected chi connectivity index (χ2v) is 8.63. The molecule has 2 aromatic carbocycles. The molecule has 5 heteroatoms. The Morgan fingerprint density at radius 2 is 1.66 bits per heavy atom. The summed E-state index contributed by atoms with van der Waals surface area (Å²) in [5.41, 5.74) is 10.3. The van der Waals surface area contributed by atoms with Gasteiger partial charge in [0.15, 0.2) is 0 Å². The number of aromatic nitrogens is 1. The van der Waals surface area contributed by atoms with E-state index in [1.54, 1.807) is 6.20 Å². The molecule has 3 nitrogen and oxygen atoms in total. The zero-order valence-corrected chi connectivity index (χ0v) is 17.7. The highest BCUT2D eigenvalue weighted by Crippen LogP contribution is 2.40. The number of nitrogens with one attached hydrogen (secondary N) is 1. The molecule has 3 N–H and O–H groups in total. The van der Waals surface area contributed by atoms with E-state index < -0.39 is 0 Å². The number of nitrogens with two attached hydrogens (primary N) is 1. The molecule has 1 fully saturated rings. The van der Waals surface area contributed by atoms with Crippen LogP contribution in [0.1, 0.15) is 28.8 Å². The molecular formula is C24H25Cl2N3. The van der Waals surface area contributed by atoms with E-state index in [1.807, 2.05) is 30.3 Å². The average Bonchev–Trinajstić information content (AvgIpc) is 3.23. The Morgan fingerprint density at radius 1 is 0.931 bits per heavy atom. The molecule has 0 saturated carbocycles. The predicted octanol–water partition coefficient (Wildman–Crippen LogP) is 5.25. The maximum Gasteiger partial charge on any atom is 0.0589 e. The molecule has 0 radical (unpaired) electrons. The number of rotatable bonds is 6. The van der Waals surface area contributed by atoms with Gasteiger partial charge in [0.05, 0.1) is 16.8 Å². The molecule has 150 valence electrons. The first-order valence-electron chi connectivity index (χ1n) is 9.99. The molecule has 4 rings (SSSR count). The molecule has 2 heterocycles. The Balaban J connectivity index is 1.66. The van der Waals surface area contributed by atoms with Gasteiger partial charge in [0, 0.05) is 23.7 Å². The summed E-state index contributed by atoms with van der Waals surface area (Å²) in [6, 6.07) is 22.4. The lowest BCUT2D eigenvalue weighted by Crippen LogP contribution is -2.34. The van der Waals surface area contributed by atoms with E-state index in [4.69, 9.17) is 28.9 Å². The molecule has 0 aliphatic carbocycles. The van der Waals surface area contributed by atoms with Crippen LogP contribution in [-0.4, -0.2) is 18.1 Å². The van der Waals surface area contributed by atoms with E-state index in [0.717, 1.165) is 30.2 Å². The van der Waals surface area contributed by atoms with Gasteiger partial charge in [-0.2, -0.15) is 0 Å². The van der Waals surface area contributed by atoms with Gasteiger partial charge in [-0.15, -0.1) is 0 Å². The van der Waals surface area contributed by atoms with Crippen LogP contribution >= 0.6 is 23.2 Å². The van der Waals surface area contributed by atoms with Crippen LogP contribution in [0.15, 0.2) is 72.9 Å². The molecule has 1 saturated heterocycles. The fourth-order valence-corrected chi connectivity index (χ4v) is 4.70. The van der Waals surface area contributed by atoms with E-state index >= 15 is 0 Å². The maximum atomic E-state index is 6.83. The zero-order valence-electron chi connectivity index (χ0n) is 16.1. The van der Waals surface area contributed by atoms with Crippen LogP contribution in [0.3, 0.4) is 0 Å². The van der Waals surface area contributed by atoms with Gasteiger partial charge in [-0.1, -0.05) is 65.7 Å². The van der Waals surface area contributed by atoms with Gasteiger partial charge >= 0.3 is 0 Å². The van der Waals surface area contributed by atoms with Gasteiger partial charge in [-0.25, -0.2) is 0 Å². The van der Waals surface area contributed by atoms with Crippen LogP contribution in [0.5, 0.6) is 0 Å². The maximum absolute atomic E-state index is 6.83. The summed E-state index contributed by atoms with van der Waals surface area (Å²) in [4.78, 5) is 4.53. The molecule has 0 amide bonds. The van der Waals surface area contributed by atoms with Crippen LogP contribution < -0.4 is 11.1 Å². The van der Waals surface area contributed by atoms with Gasteiger partial charge < -0.3 is 11.1 Å². The Hall–Kier alpha value is -1.91. The smallest absolute Gasteiger partial charge is 0.0589 e. The Labute approximate surface area is 182 Å². The van der Waals surface area contributed by atoms with Crippen LogP contribution in [0.25, 0.3) is 0 Å². The van der Waals surface area contributed by atoms with Crippen molar-refractivity contribution in [3.8, 4) is 0 Å². The minimum absolute atomic E-state index is 0.174. The second-order valence-electron chi connectivity index (χ2n) is 7.76. The van der Waals surface area contributed by atoms with Crippen molar-refractivity contribution in [2.75, 3.05) is 13.1 Å². The highest BCUT2D eigenvalue weighted by Gasteiger charge is 2.38. The van der Waals surface area contributed by atoms with E-state index in [1.165, 1.54) is 11.1 Å². The molecule has 3 aromatic rings. The van der Waals surface area contributed by atoms with Gasteiger partial charge in [0.25, 0.3) is 0 Å². The quantitative estimate of drug-likeness (QED) is 0.566. The molecule has 0 spiro atoms. The van der Waals surface area contributed by atoms with Crippen LogP contribution in [0, 0.1) is 11.8 Å². The fraction of sp³-hybridized carbons (Fsp3) is 0.292. The first kappa shape index (κ1) is 20.4. The summed E-state index contributed by atoms with van der Waals surface area (Å²) in [6.45, 7) is 1.88. The molecular weight excluding hydrogens is 401 g/mol. The van der Waals surface area contributed by atoms with Crippen molar-refractivity contribution in [1.29, 1.82) is 0 Å². The molecule has 29 heavy (non-hydrogen) atoms. The molecule has 4 unspecified atom stereocenters. The Morgan fingerprint density at radius 3 is 2.34 bits per heavy atom. The van der Waals surface area contributed by atoms with Crippen LogP contribution in [-0.2, 0) is 6.42 Å². The number of hydrogen-bond acceptors (Lipinski definition) is 3. The average molecular weight is 426 g/mol. The topological polar surface area (TPSA) is 50.9 Å². The molecule has 4 atom stereocenters. The van der Waals surface area contributed by atoms with Crippen molar-refractivity contribution >= 4 is 23.2 Å². The largest absolute Gasteiger partial charge is 0.322 e. The van der Waals surface area contributed by atoms with Crippen molar-refractivity contribution in [3.05, 3.63) is 99.8 Å². The number of nitrogens with zero attached hydrogens (tertiary/aromatic N) is 1. The zero-order chi connectivity index (χ0) is 20.2. The van der Waals surface area contributed by atoms with Crippen molar-refractivity contribution in [2.24, 2.45) is 17.6 Å². The minimum atomic E-state index is -0.174. The first-order valence-corrected chi connectivity index (χ1v) is 10.7. The Bertz CT molecular complexity index is 913. The lowest BCUT2D eigenvalue weighted by molar-refractivity contribution is 0.274. The summed E-state index contributed by atoms with van der Waals surface area (Å²) < 4.78 is 0. The highest BCUT2D eigenvalue weighted by atomic mass is 35.5. The van der Waals surface area contributed by atoms with Crippen LogP contribution in [0.2, 0.25) is 10.0 Å². The summed E-state index contributed by atoms with van der Waals surface area (Å²) in [6.07, 6.45) is 2.59. The molecule has 1 aromatic heterocycles. The number of pyridine rings is 1. The van der Waals surface area contributed by atoms with E-state index in [0.29, 0.717) is 16.9 Å². The van der Waals surface area contributed by atoms with E-state index in [-0.39, 0.29) is 12.0 Å².